The molecule has 0 spiro atoms. The fourth-order valence-corrected chi connectivity index (χ4v) is 6.21. The average Bonchev–Trinajstić information content (AvgIpc) is 3.60. The molecule has 2 aromatic rings. The lowest BCUT2D eigenvalue weighted by molar-refractivity contribution is 0.0873. The fraction of sp³-hybridized carbons (Fsp3) is 0.227. The first-order valence-electron chi connectivity index (χ1n) is 17.3. The minimum absolute atomic E-state index is 0.0499. The number of amides is 1. The SMILES string of the molecule is [C-]#[N+]C([N+]#[C-])=C(/C(C#N)=C/C=C/C1=C(N2CCN(C(=O)OCC)CC2)C(=C/C=C/C(C#N)=C(/C(=C=N)C#N)c2ccc(C)cc2)/CC1)c1ccc(C)cc1. The molecule has 1 amide bonds. The Morgan fingerprint density at radius 2 is 1.48 bits per heavy atom. The van der Waals surface area contributed by atoms with Crippen LogP contribution in [0.5, 0.6) is 0 Å². The number of allylic oxidation sites excluding steroid dienone is 13. The average molecular weight is 711 g/mol. The number of hydrogen-bond donors (Lipinski definition) is 1. The van der Waals surface area contributed by atoms with Gasteiger partial charge in [-0.05, 0) is 73.9 Å². The van der Waals surface area contributed by atoms with Crippen LogP contribution in [-0.2, 0) is 4.74 Å². The van der Waals surface area contributed by atoms with Gasteiger partial charge in [0.25, 0.3) is 0 Å². The lowest BCUT2D eigenvalue weighted by Gasteiger charge is -2.37. The van der Waals surface area contributed by atoms with E-state index in [1.165, 1.54) is 0 Å². The molecule has 0 bridgehead atoms. The molecule has 0 atom stereocenters. The maximum atomic E-state index is 12.5. The predicted octanol–water partition coefficient (Wildman–Crippen LogP) is 8.80. The van der Waals surface area contributed by atoms with E-state index in [1.54, 1.807) is 48.3 Å². The number of nitrogens with zero attached hydrogens (tertiary/aromatic N) is 7. The number of benzene rings is 2. The second kappa shape index (κ2) is 19.3. The summed E-state index contributed by atoms with van der Waals surface area (Å²) in [5.41, 5.74) is 7.19. The van der Waals surface area contributed by atoms with Crippen LogP contribution in [0.4, 0.5) is 4.79 Å². The highest BCUT2D eigenvalue weighted by molar-refractivity contribution is 5.95. The van der Waals surface area contributed by atoms with Gasteiger partial charge in [0.05, 0.1) is 35.5 Å². The minimum atomic E-state index is -0.350. The quantitative estimate of drug-likeness (QED) is 0.113. The van der Waals surface area contributed by atoms with Crippen LogP contribution in [0.3, 0.4) is 0 Å². The van der Waals surface area contributed by atoms with Crippen molar-refractivity contribution < 1.29 is 9.53 Å². The first kappa shape index (κ1) is 39.4. The van der Waals surface area contributed by atoms with E-state index in [4.69, 9.17) is 23.3 Å². The number of piperazine rings is 1. The standard InChI is InChI=1S/C44H38N8O2/c1-6-54-44(53)52-25-23-51(24-26-52)42-35(9-7-11-37(27-45)40(39(29-47)30-48)33-17-13-31(2)14-18-33)21-22-36(42)10-8-12-38(28-46)41(43(49-4)50-5)34-19-15-32(3)16-20-34/h7-20,47H,6,21-26H2,1-3H3/b10-8+,11-7+,35-9+,38-12+,40-37-. The third kappa shape index (κ3) is 9.47. The van der Waals surface area contributed by atoms with Crippen molar-refractivity contribution >= 4 is 23.1 Å². The van der Waals surface area contributed by atoms with Crippen molar-refractivity contribution in [2.75, 3.05) is 32.8 Å². The number of rotatable bonds is 10. The Hall–Kier alpha value is -7.41. The zero-order valence-electron chi connectivity index (χ0n) is 30.5. The normalized spacial score (nSPS) is 15.4. The van der Waals surface area contributed by atoms with Crippen LogP contribution >= 0.6 is 0 Å². The van der Waals surface area contributed by atoms with Crippen LogP contribution in [0.1, 0.15) is 42.0 Å². The highest BCUT2D eigenvalue weighted by Crippen LogP contribution is 2.36. The molecular weight excluding hydrogens is 673 g/mol. The smallest absolute Gasteiger partial charge is 0.450 e. The van der Waals surface area contributed by atoms with Crippen LogP contribution in [0.2, 0.25) is 0 Å². The summed E-state index contributed by atoms with van der Waals surface area (Å²) in [5, 5.41) is 37.8. The van der Waals surface area contributed by atoms with Gasteiger partial charge in [-0.25, -0.2) is 4.79 Å². The number of ether oxygens (including phenoxy) is 1. The third-order valence-corrected chi connectivity index (χ3v) is 8.90. The van der Waals surface area contributed by atoms with Gasteiger partial charge >= 0.3 is 11.9 Å². The highest BCUT2D eigenvalue weighted by atomic mass is 16.6. The molecule has 2 aliphatic rings. The second-order valence-electron chi connectivity index (χ2n) is 12.3. The lowest BCUT2D eigenvalue weighted by Crippen LogP contribution is -2.48. The number of nitrogens with one attached hydrogen (secondary N) is 1. The summed E-state index contributed by atoms with van der Waals surface area (Å²) in [6.07, 6.45) is 11.7. The monoisotopic (exact) mass is 710 g/mol. The lowest BCUT2D eigenvalue weighted by atomic mass is 9.93. The Bertz CT molecular complexity index is 2250. The molecule has 1 aliphatic heterocycles. The maximum Gasteiger partial charge on any atom is 0.528 e. The molecule has 1 saturated heterocycles. The molecule has 1 heterocycles. The summed E-state index contributed by atoms with van der Waals surface area (Å²) in [7, 11) is 0. The molecule has 1 fully saturated rings. The van der Waals surface area contributed by atoms with Crippen LogP contribution in [0.15, 0.2) is 124 Å². The van der Waals surface area contributed by atoms with Crippen LogP contribution in [0, 0.1) is 66.4 Å². The molecule has 1 N–H and O–H groups in total. The van der Waals surface area contributed by atoms with Gasteiger partial charge in [-0.3, -0.25) is 5.41 Å². The molecule has 1 aliphatic carbocycles. The molecule has 4 rings (SSSR count). The maximum absolute atomic E-state index is 12.5. The Balaban J connectivity index is 1.78. The Morgan fingerprint density at radius 1 is 0.870 bits per heavy atom. The molecular formula is C44H38N8O2. The fourth-order valence-electron chi connectivity index (χ4n) is 6.21. The molecule has 266 valence electrons. The van der Waals surface area contributed by atoms with E-state index >= 15 is 0 Å². The van der Waals surface area contributed by atoms with Crippen molar-refractivity contribution in [1.82, 2.24) is 9.80 Å². The zero-order chi connectivity index (χ0) is 39.0. The van der Waals surface area contributed by atoms with Crippen molar-refractivity contribution in [3.05, 3.63) is 169 Å². The summed E-state index contributed by atoms with van der Waals surface area (Å²) in [4.78, 5) is 23.2. The van der Waals surface area contributed by atoms with Gasteiger partial charge in [0, 0.05) is 37.4 Å². The first-order valence-corrected chi connectivity index (χ1v) is 17.3. The first-order chi connectivity index (χ1) is 26.2. The van der Waals surface area contributed by atoms with Gasteiger partial charge < -0.3 is 14.5 Å². The summed E-state index contributed by atoms with van der Waals surface area (Å²) < 4.78 is 5.22. The molecule has 2 aromatic carbocycles. The van der Waals surface area contributed by atoms with Crippen molar-refractivity contribution in [1.29, 1.82) is 21.2 Å². The van der Waals surface area contributed by atoms with Gasteiger partial charge in [-0.1, -0.05) is 84.0 Å². The minimum Gasteiger partial charge on any atom is -0.450 e. The Labute approximate surface area is 317 Å². The van der Waals surface area contributed by atoms with Gasteiger partial charge in [0.2, 0.25) is 0 Å². The molecule has 10 nitrogen and oxygen atoms in total. The molecule has 0 radical (unpaired) electrons. The summed E-state index contributed by atoms with van der Waals surface area (Å²) >= 11 is 0. The summed E-state index contributed by atoms with van der Waals surface area (Å²) in [6, 6.07) is 21.1. The van der Waals surface area contributed by atoms with E-state index < -0.39 is 0 Å². The number of aryl methyl sites for hydroxylation is 2. The van der Waals surface area contributed by atoms with Crippen molar-refractivity contribution in [3.63, 3.8) is 0 Å². The Kier molecular flexibility index (Phi) is 14.0. The van der Waals surface area contributed by atoms with E-state index in [0.29, 0.717) is 62.3 Å². The van der Waals surface area contributed by atoms with Crippen LogP contribution in [-0.4, -0.2) is 54.5 Å². The van der Waals surface area contributed by atoms with Crippen LogP contribution in [0.25, 0.3) is 20.8 Å². The topological polar surface area (TPSA) is 137 Å². The van der Waals surface area contributed by atoms with Gasteiger partial charge in [-0.2, -0.15) is 25.5 Å². The van der Waals surface area contributed by atoms with Gasteiger partial charge in [0.15, 0.2) is 0 Å². The van der Waals surface area contributed by atoms with E-state index in [9.17, 15) is 20.6 Å². The summed E-state index contributed by atoms with van der Waals surface area (Å²) in [5.74, 6) is 1.99. The number of nitriles is 3. The van der Waals surface area contributed by atoms with E-state index in [1.807, 2.05) is 68.5 Å². The van der Waals surface area contributed by atoms with Gasteiger partial charge in [0.1, 0.15) is 24.8 Å². The molecule has 0 aromatic heterocycles. The molecule has 10 heteroatoms. The zero-order valence-corrected chi connectivity index (χ0v) is 30.5. The highest BCUT2D eigenvalue weighted by Gasteiger charge is 2.28. The molecule has 54 heavy (non-hydrogen) atoms. The largest absolute Gasteiger partial charge is 0.528 e. The van der Waals surface area contributed by atoms with Crippen molar-refractivity contribution in [2.24, 2.45) is 0 Å². The molecule has 0 saturated carbocycles. The number of hydrogen-bond acceptors (Lipinski definition) is 7. The summed E-state index contributed by atoms with van der Waals surface area (Å²) in [6.45, 7) is 23.2. The van der Waals surface area contributed by atoms with E-state index in [2.05, 4.69) is 32.6 Å². The number of carbonyl (C=O) groups excluding carboxylic acids is 1. The van der Waals surface area contributed by atoms with Crippen molar-refractivity contribution in [2.45, 2.75) is 33.6 Å². The van der Waals surface area contributed by atoms with Gasteiger partial charge in [-0.15, -0.1) is 0 Å². The molecule has 0 unspecified atom stereocenters. The van der Waals surface area contributed by atoms with Crippen molar-refractivity contribution in [3.8, 4) is 18.2 Å². The van der Waals surface area contributed by atoms with E-state index in [-0.39, 0.29) is 34.2 Å². The van der Waals surface area contributed by atoms with Crippen LogP contribution < -0.4 is 0 Å². The Morgan fingerprint density at radius 3 is 2.00 bits per heavy atom. The second-order valence-corrected chi connectivity index (χ2v) is 12.3. The third-order valence-electron chi connectivity index (χ3n) is 8.90. The predicted molar refractivity (Wildman–Crippen MR) is 208 cm³/mol. The number of carbonyl (C=O) groups is 1. The van der Waals surface area contributed by atoms with E-state index in [0.717, 1.165) is 28.0 Å².